The zero-order chi connectivity index (χ0) is 18.9. The third-order valence-electron chi connectivity index (χ3n) is 4.73. The van der Waals surface area contributed by atoms with E-state index in [2.05, 4.69) is 26.3 Å². The number of aromatic carboxylic acids is 1. The third kappa shape index (κ3) is 6.47. The number of halogens is 1. The predicted octanol–water partition coefficient (Wildman–Crippen LogP) is 2.64. The Balaban J connectivity index is 0.000000264. The summed E-state index contributed by atoms with van der Waals surface area (Å²) in [6, 6.07) is 4.18. The van der Waals surface area contributed by atoms with Crippen molar-refractivity contribution in [3.63, 3.8) is 0 Å². The highest BCUT2D eigenvalue weighted by Crippen LogP contribution is 2.33. The lowest BCUT2D eigenvalue weighted by Gasteiger charge is -2.27. The van der Waals surface area contributed by atoms with Crippen LogP contribution in [0.2, 0.25) is 0 Å². The summed E-state index contributed by atoms with van der Waals surface area (Å²) in [5.41, 5.74) is 1.27. The fourth-order valence-corrected chi connectivity index (χ4v) is 3.27. The molecule has 2 aliphatic rings. The summed E-state index contributed by atoms with van der Waals surface area (Å²) < 4.78 is 11.6. The van der Waals surface area contributed by atoms with Crippen LogP contribution in [0, 0.1) is 0 Å². The van der Waals surface area contributed by atoms with E-state index in [1.165, 1.54) is 18.0 Å². The average molecular weight is 411 g/mol. The summed E-state index contributed by atoms with van der Waals surface area (Å²) in [4.78, 5) is 20.3. The number of aromatic amines is 1. The molecule has 0 aliphatic carbocycles. The number of imidazole rings is 1. The van der Waals surface area contributed by atoms with Gasteiger partial charge in [-0.2, -0.15) is 0 Å². The van der Waals surface area contributed by atoms with Crippen LogP contribution in [0.5, 0.6) is 5.88 Å². The molecule has 154 valence electrons. The first-order valence-corrected chi connectivity index (χ1v) is 9.36. The minimum absolute atomic E-state index is 0. The first kappa shape index (κ1) is 22.1. The van der Waals surface area contributed by atoms with Crippen molar-refractivity contribution in [2.75, 3.05) is 26.3 Å². The first-order chi connectivity index (χ1) is 13.2. The standard InChI is InChI=1S/C15H22N2O2.C4H4N2O2.ClH/c1-2-14(12-5-10-18-11-6-12)15(17-7-1)19-13-3-8-16-9-4-13;7-4(8)3-5-1-2-6-3;/h1-2,7,12-13,16H,3-6,8-11H2;1-2H,(H,5,6)(H,7,8);1H. The number of nitrogens with one attached hydrogen (secondary N) is 2. The molecule has 4 rings (SSSR count). The number of H-pyrrole nitrogens is 1. The molecule has 2 aromatic rings. The maximum absolute atomic E-state index is 9.97. The molecule has 8 nitrogen and oxygen atoms in total. The minimum Gasteiger partial charge on any atom is -0.475 e. The summed E-state index contributed by atoms with van der Waals surface area (Å²) in [7, 11) is 0. The van der Waals surface area contributed by atoms with Crippen LogP contribution in [0.15, 0.2) is 30.7 Å². The molecule has 28 heavy (non-hydrogen) atoms. The number of ether oxygens (including phenoxy) is 2. The SMILES string of the molecule is Cl.O=C(O)c1ncc[nH]1.c1cnc(OC2CCNCC2)c(C2CCOCC2)c1. The van der Waals surface area contributed by atoms with Gasteiger partial charge in [-0.05, 0) is 50.8 Å². The monoisotopic (exact) mass is 410 g/mol. The van der Waals surface area contributed by atoms with Crippen molar-refractivity contribution >= 4 is 18.4 Å². The van der Waals surface area contributed by atoms with E-state index in [-0.39, 0.29) is 18.2 Å². The highest BCUT2D eigenvalue weighted by molar-refractivity contribution is 5.85. The number of piperidine rings is 1. The number of carbonyl (C=O) groups is 1. The molecule has 0 radical (unpaired) electrons. The van der Waals surface area contributed by atoms with Gasteiger partial charge in [0.15, 0.2) is 0 Å². The molecular weight excluding hydrogens is 384 g/mol. The topological polar surface area (TPSA) is 109 Å². The van der Waals surface area contributed by atoms with Gasteiger partial charge in [-0.1, -0.05) is 6.07 Å². The van der Waals surface area contributed by atoms with Crippen LogP contribution in [0.25, 0.3) is 0 Å². The molecular formula is C19H27ClN4O4. The molecule has 2 aromatic heterocycles. The quantitative estimate of drug-likeness (QED) is 0.710. The number of carboxylic acids is 1. The highest BCUT2D eigenvalue weighted by atomic mass is 35.5. The Morgan fingerprint density at radius 2 is 1.89 bits per heavy atom. The lowest BCUT2D eigenvalue weighted by molar-refractivity contribution is 0.0684. The Kier molecular flexibility index (Phi) is 9.19. The second kappa shape index (κ2) is 11.6. The van der Waals surface area contributed by atoms with Crippen LogP contribution < -0.4 is 10.1 Å². The zero-order valence-corrected chi connectivity index (χ0v) is 16.5. The van der Waals surface area contributed by atoms with E-state index >= 15 is 0 Å². The van der Waals surface area contributed by atoms with Crippen molar-refractivity contribution in [2.24, 2.45) is 0 Å². The van der Waals surface area contributed by atoms with Crippen molar-refractivity contribution in [2.45, 2.75) is 37.7 Å². The Morgan fingerprint density at radius 1 is 1.14 bits per heavy atom. The smallest absolute Gasteiger partial charge is 0.371 e. The number of rotatable bonds is 4. The maximum Gasteiger partial charge on any atom is 0.371 e. The maximum atomic E-state index is 9.97. The Bertz CT molecular complexity index is 702. The fraction of sp³-hybridized carbons (Fsp3) is 0.526. The number of carboxylic acid groups (broad SMARTS) is 1. The zero-order valence-electron chi connectivity index (χ0n) is 15.7. The summed E-state index contributed by atoms with van der Waals surface area (Å²) in [5.74, 6) is 0.334. The lowest BCUT2D eigenvalue weighted by Crippen LogP contribution is -2.34. The largest absolute Gasteiger partial charge is 0.475 e. The summed E-state index contributed by atoms with van der Waals surface area (Å²) in [6.07, 6.45) is 9.30. The molecule has 2 saturated heterocycles. The molecule has 2 aliphatic heterocycles. The van der Waals surface area contributed by atoms with E-state index < -0.39 is 5.97 Å². The van der Waals surface area contributed by atoms with Crippen LogP contribution in [0.3, 0.4) is 0 Å². The van der Waals surface area contributed by atoms with E-state index in [0.717, 1.165) is 57.9 Å². The van der Waals surface area contributed by atoms with Crippen molar-refractivity contribution in [1.29, 1.82) is 0 Å². The number of hydrogen-bond acceptors (Lipinski definition) is 6. The second-order valence-electron chi connectivity index (χ2n) is 6.59. The van der Waals surface area contributed by atoms with E-state index in [4.69, 9.17) is 14.6 Å². The summed E-state index contributed by atoms with van der Waals surface area (Å²) in [6.45, 7) is 3.80. The molecule has 2 fully saturated rings. The van der Waals surface area contributed by atoms with Gasteiger partial charge in [-0.15, -0.1) is 12.4 Å². The fourth-order valence-electron chi connectivity index (χ4n) is 3.27. The molecule has 9 heteroatoms. The molecule has 3 N–H and O–H groups in total. The number of hydrogen-bond donors (Lipinski definition) is 3. The molecule has 0 bridgehead atoms. The summed E-state index contributed by atoms with van der Waals surface area (Å²) in [5, 5.41) is 11.5. The van der Waals surface area contributed by atoms with Gasteiger partial charge < -0.3 is 24.9 Å². The van der Waals surface area contributed by atoms with Crippen molar-refractivity contribution in [3.05, 3.63) is 42.1 Å². The van der Waals surface area contributed by atoms with Crippen LogP contribution in [0.1, 0.15) is 47.8 Å². The second-order valence-corrected chi connectivity index (χ2v) is 6.59. The molecule has 0 spiro atoms. The average Bonchev–Trinajstić information content (AvgIpc) is 3.26. The normalized spacial score (nSPS) is 17.7. The van der Waals surface area contributed by atoms with Gasteiger partial charge in [-0.25, -0.2) is 14.8 Å². The Hall–Kier alpha value is -2.16. The van der Waals surface area contributed by atoms with Gasteiger partial charge in [0, 0.05) is 37.4 Å². The van der Waals surface area contributed by atoms with Crippen LogP contribution in [-0.4, -0.2) is 58.4 Å². The molecule has 0 aromatic carbocycles. The van der Waals surface area contributed by atoms with E-state index in [0.29, 0.717) is 12.0 Å². The first-order valence-electron chi connectivity index (χ1n) is 9.36. The Labute approximate surface area is 170 Å². The van der Waals surface area contributed by atoms with Crippen molar-refractivity contribution in [1.82, 2.24) is 20.3 Å². The molecule has 0 atom stereocenters. The van der Waals surface area contributed by atoms with Gasteiger partial charge in [0.2, 0.25) is 11.7 Å². The number of pyridine rings is 1. The van der Waals surface area contributed by atoms with Gasteiger partial charge in [0.25, 0.3) is 0 Å². The Morgan fingerprint density at radius 3 is 2.50 bits per heavy atom. The summed E-state index contributed by atoms with van der Waals surface area (Å²) >= 11 is 0. The molecule has 0 amide bonds. The molecule has 0 unspecified atom stereocenters. The van der Waals surface area contributed by atoms with Gasteiger partial charge in [0.05, 0.1) is 0 Å². The van der Waals surface area contributed by atoms with E-state index in [9.17, 15) is 4.79 Å². The lowest BCUT2D eigenvalue weighted by atomic mass is 9.92. The number of aromatic nitrogens is 3. The predicted molar refractivity (Wildman–Crippen MR) is 106 cm³/mol. The number of nitrogens with zero attached hydrogens (tertiary/aromatic N) is 2. The van der Waals surface area contributed by atoms with E-state index in [1.807, 2.05) is 12.3 Å². The van der Waals surface area contributed by atoms with Crippen LogP contribution >= 0.6 is 12.4 Å². The molecule has 4 heterocycles. The van der Waals surface area contributed by atoms with Crippen molar-refractivity contribution < 1.29 is 19.4 Å². The van der Waals surface area contributed by atoms with Gasteiger partial charge in [0.1, 0.15) is 6.10 Å². The minimum atomic E-state index is -1.03. The van der Waals surface area contributed by atoms with Crippen molar-refractivity contribution in [3.8, 4) is 5.88 Å². The van der Waals surface area contributed by atoms with Crippen LogP contribution in [0.4, 0.5) is 0 Å². The highest BCUT2D eigenvalue weighted by Gasteiger charge is 2.22. The van der Waals surface area contributed by atoms with Gasteiger partial charge in [-0.3, -0.25) is 0 Å². The molecule has 0 saturated carbocycles. The van der Waals surface area contributed by atoms with Crippen LogP contribution in [-0.2, 0) is 4.74 Å². The van der Waals surface area contributed by atoms with E-state index in [1.54, 1.807) is 0 Å². The third-order valence-corrected chi connectivity index (χ3v) is 4.73. The van der Waals surface area contributed by atoms with Gasteiger partial charge >= 0.3 is 5.97 Å².